The second-order valence-corrected chi connectivity index (χ2v) is 7.38. The maximum absolute atomic E-state index is 13.0. The van der Waals surface area contributed by atoms with Gasteiger partial charge in [-0.15, -0.1) is 0 Å². The van der Waals surface area contributed by atoms with Gasteiger partial charge in [0.2, 0.25) is 0 Å². The Morgan fingerprint density at radius 3 is 2.74 bits per heavy atom. The molecule has 4 heterocycles. The van der Waals surface area contributed by atoms with E-state index in [0.717, 1.165) is 24.2 Å². The van der Waals surface area contributed by atoms with E-state index in [9.17, 15) is 4.79 Å². The van der Waals surface area contributed by atoms with Gasteiger partial charge >= 0.3 is 0 Å². The smallest absolute Gasteiger partial charge is 0.258 e. The summed E-state index contributed by atoms with van der Waals surface area (Å²) in [4.78, 5) is 23.4. The van der Waals surface area contributed by atoms with Crippen molar-refractivity contribution < 1.29 is 13.7 Å². The van der Waals surface area contributed by atoms with Gasteiger partial charge in [0.05, 0.1) is 5.56 Å². The van der Waals surface area contributed by atoms with Gasteiger partial charge in [-0.2, -0.15) is 4.98 Å². The lowest BCUT2D eigenvalue weighted by Gasteiger charge is -2.38. The number of aromatic nitrogens is 3. The molecular weight excluding hydrogens is 344 g/mol. The highest BCUT2D eigenvalue weighted by molar-refractivity contribution is 5.95. The maximum atomic E-state index is 13.0. The first-order valence-electron chi connectivity index (χ1n) is 9.07. The van der Waals surface area contributed by atoms with Crippen LogP contribution in [0.5, 0.6) is 0 Å². The third-order valence-corrected chi connectivity index (χ3v) is 5.15. The number of hydrogen-bond acceptors (Lipinski definition) is 6. The van der Waals surface area contributed by atoms with Gasteiger partial charge in [0.25, 0.3) is 11.8 Å². The minimum atomic E-state index is -0.352. The van der Waals surface area contributed by atoms with Crippen LogP contribution >= 0.6 is 0 Å². The normalized spacial score (nSPS) is 20.0. The van der Waals surface area contributed by atoms with E-state index in [2.05, 4.69) is 22.0 Å². The number of furan rings is 1. The van der Waals surface area contributed by atoms with Gasteiger partial charge in [-0.25, -0.2) is 0 Å². The van der Waals surface area contributed by atoms with Crippen molar-refractivity contribution in [3.8, 4) is 11.5 Å². The van der Waals surface area contributed by atoms with Crippen LogP contribution in [0.15, 0.2) is 39.5 Å². The summed E-state index contributed by atoms with van der Waals surface area (Å²) >= 11 is 0. The number of aryl methyl sites for hydroxylation is 2. The Labute approximate surface area is 157 Å². The van der Waals surface area contributed by atoms with Crippen LogP contribution in [-0.4, -0.2) is 39.0 Å². The molecule has 0 aliphatic carbocycles. The molecule has 3 aromatic heterocycles. The Morgan fingerprint density at radius 2 is 2.04 bits per heavy atom. The number of carbonyl (C=O) groups is 1. The molecule has 1 amide bonds. The molecule has 4 rings (SSSR count). The van der Waals surface area contributed by atoms with Crippen LogP contribution in [-0.2, 0) is 5.41 Å². The second kappa shape index (κ2) is 6.64. The molecule has 0 N–H and O–H groups in total. The molecule has 7 heteroatoms. The molecule has 1 fully saturated rings. The SMILES string of the molecule is Cc1cc(C(=O)N2CCC[C@](C)(c3noc(-c4ccncc4)n3)C2)c(C)o1. The van der Waals surface area contributed by atoms with Crippen molar-refractivity contribution in [2.24, 2.45) is 0 Å². The van der Waals surface area contributed by atoms with Crippen LogP contribution in [0, 0.1) is 13.8 Å². The fourth-order valence-corrected chi connectivity index (χ4v) is 3.69. The van der Waals surface area contributed by atoms with Crippen molar-refractivity contribution >= 4 is 5.91 Å². The highest BCUT2D eigenvalue weighted by Gasteiger charge is 2.39. The lowest BCUT2D eigenvalue weighted by atomic mass is 9.81. The summed E-state index contributed by atoms with van der Waals surface area (Å²) in [5.41, 5.74) is 1.11. The Kier molecular flexibility index (Phi) is 4.30. The zero-order chi connectivity index (χ0) is 19.0. The average Bonchev–Trinajstić information content (AvgIpc) is 3.29. The first kappa shape index (κ1) is 17.5. The predicted molar refractivity (Wildman–Crippen MR) is 98.2 cm³/mol. The van der Waals surface area contributed by atoms with E-state index >= 15 is 0 Å². The summed E-state index contributed by atoms with van der Waals surface area (Å²) in [7, 11) is 0. The third-order valence-electron chi connectivity index (χ3n) is 5.15. The quantitative estimate of drug-likeness (QED) is 0.705. The third kappa shape index (κ3) is 3.25. The van der Waals surface area contributed by atoms with Gasteiger partial charge in [-0.1, -0.05) is 12.1 Å². The summed E-state index contributed by atoms with van der Waals surface area (Å²) < 4.78 is 11.0. The van der Waals surface area contributed by atoms with E-state index < -0.39 is 0 Å². The molecule has 0 spiro atoms. The standard InChI is InChI=1S/C20H22N4O3/c1-13-11-16(14(2)26-13)18(25)24-10-4-7-20(3,12-24)19-22-17(27-23-19)15-5-8-21-9-6-15/h5-6,8-9,11H,4,7,10,12H2,1-3H3/t20-/m0/s1. The maximum Gasteiger partial charge on any atom is 0.258 e. The first-order chi connectivity index (χ1) is 13.0. The Hall–Kier alpha value is -2.96. The molecule has 7 nitrogen and oxygen atoms in total. The number of likely N-dealkylation sites (tertiary alicyclic amines) is 1. The number of pyridine rings is 1. The minimum absolute atomic E-state index is 0.00636. The van der Waals surface area contributed by atoms with Gasteiger partial charge < -0.3 is 13.8 Å². The zero-order valence-corrected chi connectivity index (χ0v) is 15.7. The van der Waals surface area contributed by atoms with E-state index in [1.54, 1.807) is 18.5 Å². The van der Waals surface area contributed by atoms with Crippen molar-refractivity contribution in [2.75, 3.05) is 13.1 Å². The molecule has 0 aromatic carbocycles. The molecule has 1 aliphatic heterocycles. The fraction of sp³-hybridized carbons (Fsp3) is 0.400. The summed E-state index contributed by atoms with van der Waals surface area (Å²) in [5.74, 6) is 2.50. The monoisotopic (exact) mass is 366 g/mol. The molecule has 3 aromatic rings. The molecule has 0 unspecified atom stereocenters. The predicted octanol–water partition coefficient (Wildman–Crippen LogP) is 3.54. The van der Waals surface area contributed by atoms with Crippen LogP contribution in [0.2, 0.25) is 0 Å². The fourth-order valence-electron chi connectivity index (χ4n) is 3.69. The number of carbonyl (C=O) groups excluding carboxylic acids is 1. The van der Waals surface area contributed by atoms with Gasteiger partial charge in [0.15, 0.2) is 5.82 Å². The topological polar surface area (TPSA) is 85.3 Å². The first-order valence-corrected chi connectivity index (χ1v) is 9.07. The molecule has 0 radical (unpaired) electrons. The Morgan fingerprint density at radius 1 is 1.26 bits per heavy atom. The highest BCUT2D eigenvalue weighted by atomic mass is 16.5. The van der Waals surface area contributed by atoms with E-state index in [4.69, 9.17) is 8.94 Å². The molecule has 1 saturated heterocycles. The van der Waals surface area contributed by atoms with Crippen molar-refractivity contribution in [3.05, 3.63) is 53.5 Å². The number of rotatable bonds is 3. The van der Waals surface area contributed by atoms with Crippen molar-refractivity contribution in [1.29, 1.82) is 0 Å². The summed E-state index contributed by atoms with van der Waals surface area (Å²) in [6.07, 6.45) is 5.17. The van der Waals surface area contributed by atoms with Crippen LogP contribution < -0.4 is 0 Å². The van der Waals surface area contributed by atoms with E-state index in [1.807, 2.05) is 30.9 Å². The molecule has 1 atom stereocenters. The average molecular weight is 366 g/mol. The molecule has 0 bridgehead atoms. The van der Waals surface area contributed by atoms with Gasteiger partial charge in [-0.05, 0) is 44.9 Å². The zero-order valence-electron chi connectivity index (χ0n) is 15.7. The minimum Gasteiger partial charge on any atom is -0.466 e. The van der Waals surface area contributed by atoms with Gasteiger partial charge in [-0.3, -0.25) is 9.78 Å². The van der Waals surface area contributed by atoms with Gasteiger partial charge in [0.1, 0.15) is 11.5 Å². The molecule has 27 heavy (non-hydrogen) atoms. The Balaban J connectivity index is 1.57. The summed E-state index contributed by atoms with van der Waals surface area (Å²) in [6, 6.07) is 5.47. The van der Waals surface area contributed by atoms with Crippen molar-refractivity contribution in [1.82, 2.24) is 20.0 Å². The molecule has 140 valence electrons. The van der Waals surface area contributed by atoms with Crippen LogP contribution in [0.3, 0.4) is 0 Å². The van der Waals surface area contributed by atoms with Crippen molar-refractivity contribution in [2.45, 2.75) is 39.0 Å². The molecular formula is C20H22N4O3. The van der Waals surface area contributed by atoms with Gasteiger partial charge in [0, 0.05) is 36.5 Å². The van der Waals surface area contributed by atoms with E-state index in [-0.39, 0.29) is 11.3 Å². The highest BCUT2D eigenvalue weighted by Crippen LogP contribution is 2.34. The summed E-state index contributed by atoms with van der Waals surface area (Å²) in [6.45, 7) is 7.02. The second-order valence-electron chi connectivity index (χ2n) is 7.38. The lowest BCUT2D eigenvalue weighted by molar-refractivity contribution is 0.0640. The number of piperidine rings is 1. The largest absolute Gasteiger partial charge is 0.466 e. The lowest BCUT2D eigenvalue weighted by Crippen LogP contribution is -2.47. The number of hydrogen-bond donors (Lipinski definition) is 0. The van der Waals surface area contributed by atoms with E-state index in [1.165, 1.54) is 0 Å². The summed E-state index contributed by atoms with van der Waals surface area (Å²) in [5, 5.41) is 4.21. The van der Waals surface area contributed by atoms with Crippen LogP contribution in [0.4, 0.5) is 0 Å². The molecule has 1 aliphatic rings. The number of nitrogens with zero attached hydrogens (tertiary/aromatic N) is 4. The van der Waals surface area contributed by atoms with Crippen LogP contribution in [0.1, 0.15) is 47.5 Å². The van der Waals surface area contributed by atoms with Crippen LogP contribution in [0.25, 0.3) is 11.5 Å². The number of amides is 1. The van der Waals surface area contributed by atoms with E-state index in [0.29, 0.717) is 36.1 Å². The molecule has 0 saturated carbocycles. The Bertz CT molecular complexity index is 963. The van der Waals surface area contributed by atoms with Crippen molar-refractivity contribution in [3.63, 3.8) is 0 Å².